The van der Waals surface area contributed by atoms with Crippen molar-refractivity contribution < 1.29 is 0 Å². The van der Waals surface area contributed by atoms with Crippen molar-refractivity contribution >= 4 is 16.7 Å². The predicted octanol–water partition coefficient (Wildman–Crippen LogP) is 5.11. The maximum absolute atomic E-state index is 4.82. The van der Waals surface area contributed by atoms with Crippen molar-refractivity contribution in [2.45, 2.75) is 20.4 Å². The quantitative estimate of drug-likeness (QED) is 0.439. The maximum Gasteiger partial charge on any atom is 0.163 e. The molecule has 0 spiro atoms. The second-order valence-corrected chi connectivity index (χ2v) is 7.40. The van der Waals surface area contributed by atoms with Crippen molar-refractivity contribution in [2.24, 2.45) is 0 Å². The van der Waals surface area contributed by atoms with E-state index < -0.39 is 0 Å². The van der Waals surface area contributed by atoms with Crippen LogP contribution in [0.1, 0.15) is 17.0 Å². The zero-order chi connectivity index (χ0) is 21.2. The van der Waals surface area contributed by atoms with E-state index in [0.717, 1.165) is 44.9 Å². The Kier molecular flexibility index (Phi) is 4.88. The number of aryl methyl sites for hydroxylation is 1. The summed E-state index contributed by atoms with van der Waals surface area (Å²) in [5, 5.41) is 9.28. The van der Waals surface area contributed by atoms with E-state index in [9.17, 15) is 0 Å². The lowest BCUT2D eigenvalue weighted by Crippen LogP contribution is -2.06. The van der Waals surface area contributed by atoms with Gasteiger partial charge in [0.25, 0.3) is 0 Å². The zero-order valence-corrected chi connectivity index (χ0v) is 17.4. The van der Waals surface area contributed by atoms with Crippen LogP contribution in [0.3, 0.4) is 0 Å². The van der Waals surface area contributed by atoms with Crippen molar-refractivity contribution in [3.8, 4) is 17.1 Å². The van der Waals surface area contributed by atoms with E-state index in [2.05, 4.69) is 29.4 Å². The van der Waals surface area contributed by atoms with Crippen molar-refractivity contribution in [1.82, 2.24) is 24.7 Å². The summed E-state index contributed by atoms with van der Waals surface area (Å²) < 4.78 is 1.99. The molecule has 3 aromatic heterocycles. The third-order valence-corrected chi connectivity index (χ3v) is 5.40. The third kappa shape index (κ3) is 3.64. The summed E-state index contributed by atoms with van der Waals surface area (Å²) in [4.78, 5) is 13.8. The Hall–Kier alpha value is -4.06. The molecule has 3 heterocycles. The van der Waals surface area contributed by atoms with E-state index in [1.54, 1.807) is 12.4 Å². The van der Waals surface area contributed by atoms with E-state index in [1.807, 2.05) is 66.2 Å². The minimum Gasteiger partial charge on any atom is -0.365 e. The van der Waals surface area contributed by atoms with Gasteiger partial charge in [0.1, 0.15) is 5.82 Å². The molecular weight excluding hydrogens is 384 g/mol. The first-order valence-corrected chi connectivity index (χ1v) is 10.2. The number of nitrogens with one attached hydrogen (secondary N) is 1. The van der Waals surface area contributed by atoms with Gasteiger partial charge in [-0.15, -0.1) is 0 Å². The van der Waals surface area contributed by atoms with Gasteiger partial charge >= 0.3 is 0 Å². The summed E-state index contributed by atoms with van der Waals surface area (Å²) in [5.41, 5.74) is 6.12. The molecule has 0 atom stereocenters. The van der Waals surface area contributed by atoms with Gasteiger partial charge in [-0.25, -0.2) is 14.6 Å². The molecule has 0 unspecified atom stereocenters. The summed E-state index contributed by atoms with van der Waals surface area (Å²) in [5.74, 6) is 1.46. The smallest absolute Gasteiger partial charge is 0.163 e. The lowest BCUT2D eigenvalue weighted by molar-refractivity contribution is 0.832. The van der Waals surface area contributed by atoms with Crippen LogP contribution in [0.2, 0.25) is 0 Å². The number of aromatic nitrogens is 5. The Morgan fingerprint density at radius 3 is 2.48 bits per heavy atom. The fourth-order valence-electron chi connectivity index (χ4n) is 3.76. The molecule has 0 bridgehead atoms. The summed E-state index contributed by atoms with van der Waals surface area (Å²) in [6.07, 6.45) is 3.53. The van der Waals surface area contributed by atoms with Crippen molar-refractivity contribution in [2.75, 3.05) is 5.32 Å². The molecule has 0 aliphatic heterocycles. The van der Waals surface area contributed by atoms with Crippen LogP contribution in [-0.2, 0) is 6.54 Å². The standard InChI is InChI=1S/C25H22N6/c1-17-22(18(2)31(30-17)20-10-4-3-5-11-20)16-27-25-21-12-6-7-13-23(21)28-24(29-25)19-9-8-14-26-15-19/h3-15H,16H2,1-2H3,(H,27,28,29). The van der Waals surface area contributed by atoms with Gasteiger partial charge < -0.3 is 5.32 Å². The van der Waals surface area contributed by atoms with Crippen LogP contribution in [0, 0.1) is 13.8 Å². The molecule has 5 aromatic rings. The molecule has 0 aliphatic carbocycles. The second kappa shape index (κ2) is 7.99. The van der Waals surface area contributed by atoms with Crippen LogP contribution < -0.4 is 5.32 Å². The number of nitrogens with zero attached hydrogens (tertiary/aromatic N) is 5. The molecule has 6 heteroatoms. The van der Waals surface area contributed by atoms with E-state index >= 15 is 0 Å². The van der Waals surface area contributed by atoms with Crippen LogP contribution in [-0.4, -0.2) is 24.7 Å². The number of hydrogen-bond donors (Lipinski definition) is 1. The molecule has 31 heavy (non-hydrogen) atoms. The SMILES string of the molecule is Cc1nn(-c2ccccc2)c(C)c1CNc1nc(-c2cccnc2)nc2ccccc12. The molecule has 152 valence electrons. The lowest BCUT2D eigenvalue weighted by atomic mass is 10.1. The van der Waals surface area contributed by atoms with E-state index in [-0.39, 0.29) is 0 Å². The van der Waals surface area contributed by atoms with Crippen molar-refractivity contribution in [3.63, 3.8) is 0 Å². The zero-order valence-electron chi connectivity index (χ0n) is 17.4. The van der Waals surface area contributed by atoms with E-state index in [0.29, 0.717) is 12.4 Å². The average Bonchev–Trinajstić information content (AvgIpc) is 3.11. The molecule has 0 fully saturated rings. The van der Waals surface area contributed by atoms with Gasteiger partial charge in [0.05, 0.1) is 16.9 Å². The Labute approximate surface area is 180 Å². The van der Waals surface area contributed by atoms with Crippen LogP contribution in [0.4, 0.5) is 5.82 Å². The number of fused-ring (bicyclic) bond motifs is 1. The first-order valence-electron chi connectivity index (χ1n) is 10.2. The normalized spacial score (nSPS) is 11.0. The molecule has 0 amide bonds. The predicted molar refractivity (Wildman–Crippen MR) is 123 cm³/mol. The molecule has 2 aromatic carbocycles. The summed E-state index contributed by atoms with van der Waals surface area (Å²) in [7, 11) is 0. The van der Waals surface area contributed by atoms with Crippen molar-refractivity contribution in [1.29, 1.82) is 0 Å². The first kappa shape index (κ1) is 18.9. The summed E-state index contributed by atoms with van der Waals surface area (Å²) >= 11 is 0. The van der Waals surface area contributed by atoms with Crippen LogP contribution in [0.5, 0.6) is 0 Å². The van der Waals surface area contributed by atoms with Gasteiger partial charge in [-0.1, -0.05) is 30.3 Å². The summed E-state index contributed by atoms with van der Waals surface area (Å²) in [6.45, 7) is 4.77. The summed E-state index contributed by atoms with van der Waals surface area (Å²) in [6, 6.07) is 22.1. The van der Waals surface area contributed by atoms with E-state index in [4.69, 9.17) is 15.1 Å². The number of pyridine rings is 1. The second-order valence-electron chi connectivity index (χ2n) is 7.40. The molecule has 0 radical (unpaired) electrons. The van der Waals surface area contributed by atoms with Gasteiger partial charge in [0.15, 0.2) is 5.82 Å². The van der Waals surface area contributed by atoms with Crippen LogP contribution in [0.15, 0.2) is 79.1 Å². The monoisotopic (exact) mass is 406 g/mol. The fraction of sp³-hybridized carbons (Fsp3) is 0.120. The molecule has 0 aliphatic rings. The fourth-order valence-corrected chi connectivity index (χ4v) is 3.76. The van der Waals surface area contributed by atoms with Gasteiger partial charge in [-0.2, -0.15) is 5.10 Å². The van der Waals surface area contributed by atoms with Crippen LogP contribution in [0.25, 0.3) is 28.0 Å². The van der Waals surface area contributed by atoms with Gasteiger partial charge in [0.2, 0.25) is 0 Å². The van der Waals surface area contributed by atoms with Gasteiger partial charge in [-0.05, 0) is 50.2 Å². The van der Waals surface area contributed by atoms with Gasteiger partial charge in [-0.3, -0.25) is 4.98 Å². The molecular formula is C25H22N6. The number of benzene rings is 2. The van der Waals surface area contributed by atoms with Crippen molar-refractivity contribution in [3.05, 3.63) is 96.1 Å². The van der Waals surface area contributed by atoms with Gasteiger partial charge in [0, 0.05) is 41.1 Å². The largest absolute Gasteiger partial charge is 0.365 e. The number of rotatable bonds is 5. The molecule has 0 saturated carbocycles. The van der Waals surface area contributed by atoms with Crippen LogP contribution >= 0.6 is 0 Å². The number of anilines is 1. The third-order valence-electron chi connectivity index (χ3n) is 5.40. The molecule has 6 nitrogen and oxygen atoms in total. The first-order chi connectivity index (χ1) is 15.2. The lowest BCUT2D eigenvalue weighted by Gasteiger charge is -2.11. The highest BCUT2D eigenvalue weighted by Crippen LogP contribution is 2.26. The Morgan fingerprint density at radius 2 is 1.68 bits per heavy atom. The van der Waals surface area contributed by atoms with E-state index in [1.165, 1.54) is 0 Å². The Morgan fingerprint density at radius 1 is 0.871 bits per heavy atom. The average molecular weight is 406 g/mol. The maximum atomic E-state index is 4.82. The topological polar surface area (TPSA) is 68.5 Å². The molecule has 0 saturated heterocycles. The highest BCUT2D eigenvalue weighted by Gasteiger charge is 2.14. The molecule has 5 rings (SSSR count). The highest BCUT2D eigenvalue weighted by atomic mass is 15.3. The molecule has 1 N–H and O–H groups in total. The highest BCUT2D eigenvalue weighted by molar-refractivity contribution is 5.90. The minimum atomic E-state index is 0.623. The number of para-hydroxylation sites is 2. The Bertz CT molecular complexity index is 1340. The number of hydrogen-bond acceptors (Lipinski definition) is 5. The minimum absolute atomic E-state index is 0.623. The Balaban J connectivity index is 1.51.